The van der Waals surface area contributed by atoms with E-state index in [9.17, 15) is 24.0 Å². The van der Waals surface area contributed by atoms with E-state index in [0.717, 1.165) is 17.2 Å². The summed E-state index contributed by atoms with van der Waals surface area (Å²) < 4.78 is 5.42. The quantitative estimate of drug-likeness (QED) is 0.275. The van der Waals surface area contributed by atoms with Gasteiger partial charge < -0.3 is 40.2 Å². The summed E-state index contributed by atoms with van der Waals surface area (Å²) in [7, 11) is 1.57. The average Bonchev–Trinajstić information content (AvgIpc) is 3.53. The number of H-pyrrole nitrogens is 1. The first kappa shape index (κ1) is 30.7. The number of aromatic amines is 1. The van der Waals surface area contributed by atoms with Crippen LogP contribution in [0.1, 0.15) is 57.4 Å². The van der Waals surface area contributed by atoms with Crippen LogP contribution in [0.2, 0.25) is 0 Å². The second kappa shape index (κ2) is 11.7. The Morgan fingerprint density at radius 1 is 1.19 bits per heavy atom. The maximum Gasteiger partial charge on any atom is 0.268 e. The van der Waals surface area contributed by atoms with Crippen molar-refractivity contribution in [1.82, 2.24) is 25.8 Å². The number of hydrogen-bond donors (Lipinski definition) is 4. The third-order valence-corrected chi connectivity index (χ3v) is 9.80. The van der Waals surface area contributed by atoms with Gasteiger partial charge in [-0.15, -0.1) is 0 Å². The molecule has 0 radical (unpaired) electrons. The number of hydrogen-bond acceptors (Lipinski definition) is 7. The van der Waals surface area contributed by atoms with E-state index < -0.39 is 35.4 Å². The Kier molecular flexibility index (Phi) is 8.39. The number of likely N-dealkylation sites (tertiary alicyclic amines) is 1. The Balaban J connectivity index is 1.35. The van der Waals surface area contributed by atoms with Gasteiger partial charge >= 0.3 is 0 Å². The maximum atomic E-state index is 14.1. The number of carbonyl (C=O) groups is 5. The summed E-state index contributed by atoms with van der Waals surface area (Å²) in [6.07, 6.45) is 2.75. The highest BCUT2D eigenvalue weighted by Gasteiger charge is 2.69. The van der Waals surface area contributed by atoms with E-state index >= 15 is 0 Å². The highest BCUT2D eigenvalue weighted by atomic mass is 16.5. The smallest absolute Gasteiger partial charge is 0.268 e. The maximum absolute atomic E-state index is 14.1. The Bertz CT molecular complexity index is 1410. The molecule has 11 heteroatoms. The number of methoxy groups -OCH3 is 1. The lowest BCUT2D eigenvalue weighted by Crippen LogP contribution is -2.57. The van der Waals surface area contributed by atoms with Crippen molar-refractivity contribution >= 4 is 41.2 Å². The SMILES string of the molecule is COc1cccc2[nH]c(C(=O)N[C@@H](CC(C)C)C(=O)N3C[C@H]4[C@@H]([C@H]3C(=O)N[C@H](C=O)C[C@@]3(C=O)CCNC3)C4(C)C)cc12. The molecule has 1 saturated carbocycles. The van der Waals surface area contributed by atoms with E-state index in [0.29, 0.717) is 50.2 Å². The minimum atomic E-state index is -0.847. The Morgan fingerprint density at radius 3 is 2.58 bits per heavy atom. The predicted octanol–water partition coefficient (Wildman–Crippen LogP) is 2.06. The first-order valence-corrected chi connectivity index (χ1v) is 15.1. The zero-order valence-corrected chi connectivity index (χ0v) is 25.6. The van der Waals surface area contributed by atoms with Crippen molar-refractivity contribution in [2.45, 2.75) is 65.1 Å². The molecule has 2 aromatic rings. The summed E-state index contributed by atoms with van der Waals surface area (Å²) in [6.45, 7) is 9.67. The number of fused-ring (bicyclic) bond motifs is 2. The predicted molar refractivity (Wildman–Crippen MR) is 160 cm³/mol. The van der Waals surface area contributed by atoms with Gasteiger partial charge in [-0.2, -0.15) is 0 Å². The summed E-state index contributed by atoms with van der Waals surface area (Å²) >= 11 is 0. The van der Waals surface area contributed by atoms with Crippen molar-refractivity contribution in [3.8, 4) is 5.75 Å². The molecule has 4 N–H and O–H groups in total. The molecule has 1 aromatic carbocycles. The van der Waals surface area contributed by atoms with Crippen molar-refractivity contribution in [3.05, 3.63) is 30.0 Å². The number of nitrogens with one attached hydrogen (secondary N) is 4. The van der Waals surface area contributed by atoms with E-state index in [1.807, 2.05) is 32.0 Å². The van der Waals surface area contributed by atoms with Crippen LogP contribution in [0.3, 0.4) is 0 Å². The number of piperidine rings is 1. The summed E-state index contributed by atoms with van der Waals surface area (Å²) in [5.41, 5.74) is 0.212. The highest BCUT2D eigenvalue weighted by molar-refractivity contribution is 6.02. The second-order valence-corrected chi connectivity index (χ2v) is 13.5. The van der Waals surface area contributed by atoms with Crippen molar-refractivity contribution < 1.29 is 28.7 Å². The van der Waals surface area contributed by atoms with Crippen LogP contribution >= 0.6 is 0 Å². The molecule has 43 heavy (non-hydrogen) atoms. The molecule has 2 saturated heterocycles. The van der Waals surface area contributed by atoms with Crippen molar-refractivity contribution in [1.29, 1.82) is 0 Å². The van der Waals surface area contributed by atoms with Crippen LogP contribution in [0.15, 0.2) is 24.3 Å². The molecule has 3 fully saturated rings. The van der Waals surface area contributed by atoms with Crippen LogP contribution < -0.4 is 20.7 Å². The Labute approximate surface area is 251 Å². The molecule has 3 aliphatic rings. The number of nitrogens with zero attached hydrogens (tertiary/aromatic N) is 1. The van der Waals surface area contributed by atoms with E-state index in [4.69, 9.17) is 4.74 Å². The van der Waals surface area contributed by atoms with Gasteiger partial charge in [-0.25, -0.2) is 0 Å². The molecule has 0 unspecified atom stereocenters. The molecular formula is C32H43N5O6. The monoisotopic (exact) mass is 593 g/mol. The fourth-order valence-corrected chi connectivity index (χ4v) is 7.30. The number of carbonyl (C=O) groups excluding carboxylic acids is 5. The molecule has 3 amide bonds. The lowest BCUT2D eigenvalue weighted by molar-refractivity contribution is -0.142. The van der Waals surface area contributed by atoms with Gasteiger partial charge in [-0.3, -0.25) is 14.4 Å². The molecular weight excluding hydrogens is 550 g/mol. The average molecular weight is 594 g/mol. The fraction of sp³-hybridized carbons (Fsp3) is 0.594. The van der Waals surface area contributed by atoms with Gasteiger partial charge in [0.1, 0.15) is 36.1 Å². The number of amides is 3. The topological polar surface area (TPSA) is 150 Å². The molecule has 6 atom stereocenters. The Morgan fingerprint density at radius 2 is 1.95 bits per heavy atom. The minimum Gasteiger partial charge on any atom is -0.496 e. The lowest BCUT2D eigenvalue weighted by atomic mass is 9.82. The third-order valence-electron chi connectivity index (χ3n) is 9.80. The zero-order chi connectivity index (χ0) is 31.1. The van der Waals surface area contributed by atoms with Gasteiger partial charge in [-0.1, -0.05) is 33.8 Å². The van der Waals surface area contributed by atoms with E-state index in [2.05, 4.69) is 34.8 Å². The third kappa shape index (κ3) is 5.79. The van der Waals surface area contributed by atoms with Crippen LogP contribution in [0, 0.1) is 28.6 Å². The number of aromatic nitrogens is 1. The van der Waals surface area contributed by atoms with Gasteiger partial charge in [-0.05, 0) is 67.2 Å². The van der Waals surface area contributed by atoms with E-state index in [1.54, 1.807) is 18.1 Å². The van der Waals surface area contributed by atoms with Crippen LogP contribution in [-0.4, -0.2) is 85.0 Å². The van der Waals surface area contributed by atoms with E-state index in [1.165, 1.54) is 0 Å². The zero-order valence-electron chi connectivity index (χ0n) is 25.6. The van der Waals surface area contributed by atoms with Gasteiger partial charge in [0.2, 0.25) is 11.8 Å². The van der Waals surface area contributed by atoms with Crippen molar-refractivity contribution in [2.75, 3.05) is 26.7 Å². The van der Waals surface area contributed by atoms with Crippen LogP contribution in [0.4, 0.5) is 0 Å². The molecule has 5 rings (SSSR count). The van der Waals surface area contributed by atoms with Crippen LogP contribution in [-0.2, 0) is 19.2 Å². The normalized spacial score (nSPS) is 26.9. The Hall–Kier alpha value is -3.73. The van der Waals surface area contributed by atoms with Crippen LogP contribution in [0.5, 0.6) is 5.75 Å². The summed E-state index contributed by atoms with van der Waals surface area (Å²) in [5.74, 6) is -0.330. The molecule has 0 bridgehead atoms. The number of aldehydes is 2. The largest absolute Gasteiger partial charge is 0.496 e. The molecule has 0 spiro atoms. The molecule has 11 nitrogen and oxygen atoms in total. The molecule has 1 aromatic heterocycles. The summed E-state index contributed by atoms with van der Waals surface area (Å²) in [6, 6.07) is 4.73. The second-order valence-electron chi connectivity index (χ2n) is 13.5. The number of ether oxygens (including phenoxy) is 1. The summed E-state index contributed by atoms with van der Waals surface area (Å²) in [5, 5.41) is 9.70. The highest BCUT2D eigenvalue weighted by Crippen LogP contribution is 2.65. The first-order chi connectivity index (χ1) is 20.4. The van der Waals surface area contributed by atoms with E-state index in [-0.39, 0.29) is 35.5 Å². The number of rotatable bonds is 12. The van der Waals surface area contributed by atoms with Gasteiger partial charge in [0.15, 0.2) is 0 Å². The van der Waals surface area contributed by atoms with Gasteiger partial charge in [0, 0.05) is 29.4 Å². The van der Waals surface area contributed by atoms with Crippen molar-refractivity contribution in [3.63, 3.8) is 0 Å². The van der Waals surface area contributed by atoms with Crippen LogP contribution in [0.25, 0.3) is 10.9 Å². The fourth-order valence-electron chi connectivity index (χ4n) is 7.30. The lowest BCUT2D eigenvalue weighted by Gasteiger charge is -2.34. The van der Waals surface area contributed by atoms with Crippen molar-refractivity contribution in [2.24, 2.45) is 28.6 Å². The summed E-state index contributed by atoms with van der Waals surface area (Å²) in [4.78, 5) is 70.0. The molecule has 232 valence electrons. The first-order valence-electron chi connectivity index (χ1n) is 15.1. The molecule has 3 heterocycles. The molecule has 2 aliphatic heterocycles. The molecule has 1 aliphatic carbocycles. The number of benzene rings is 1. The van der Waals surface area contributed by atoms with Gasteiger partial charge in [0.05, 0.1) is 13.2 Å². The van der Waals surface area contributed by atoms with Gasteiger partial charge in [0.25, 0.3) is 5.91 Å². The minimum absolute atomic E-state index is 0.0616. The standard InChI is InChI=1S/C32H43N5O6/c1-18(2)11-24(36-28(40)23-12-20-22(35-23)7-6-8-25(20)43-5)30(42)37-14-21-26(31(21,3)4)27(37)29(41)34-19(15-38)13-32(17-39)9-10-33-16-32/h6-8,12,15,17-19,21,24,26-27,33,35H,9-11,13-14,16H2,1-5H3,(H,34,41)(H,36,40)/t19-,21-,24-,26-,27-,32-/m0/s1.